The Balaban J connectivity index is 2.19. The lowest BCUT2D eigenvalue weighted by atomic mass is 10.1. The lowest BCUT2D eigenvalue weighted by molar-refractivity contribution is 0.474. The van der Waals surface area contributed by atoms with Gasteiger partial charge in [-0.1, -0.05) is 19.1 Å². The minimum atomic E-state index is 0.271. The van der Waals surface area contributed by atoms with E-state index in [0.29, 0.717) is 0 Å². The van der Waals surface area contributed by atoms with Crippen LogP contribution in [-0.4, -0.2) is 20.1 Å². The molecule has 0 saturated carbocycles. The zero-order chi connectivity index (χ0) is 12.5. The second kappa shape index (κ2) is 4.14. The number of hydrogen-bond donors (Lipinski definition) is 1. The predicted octanol–water partition coefficient (Wildman–Crippen LogP) is 2.69. The van der Waals surface area contributed by atoms with Crippen LogP contribution in [0.5, 0.6) is 5.75 Å². The first-order valence-corrected chi connectivity index (χ1v) is 5.92. The van der Waals surface area contributed by atoms with Crippen LogP contribution in [-0.2, 0) is 6.42 Å². The summed E-state index contributed by atoms with van der Waals surface area (Å²) < 4.78 is 0. The van der Waals surface area contributed by atoms with Crippen molar-refractivity contribution in [2.45, 2.75) is 13.3 Å². The van der Waals surface area contributed by atoms with Gasteiger partial charge >= 0.3 is 0 Å². The normalized spacial score (nSPS) is 10.9. The van der Waals surface area contributed by atoms with Crippen LogP contribution in [0.3, 0.4) is 0 Å². The molecule has 0 aliphatic heterocycles. The van der Waals surface area contributed by atoms with E-state index in [-0.39, 0.29) is 5.75 Å². The largest absolute Gasteiger partial charge is 0.508 e. The quantitative estimate of drug-likeness (QED) is 0.748. The Morgan fingerprint density at radius 1 is 1.06 bits per heavy atom. The van der Waals surface area contributed by atoms with E-state index in [1.165, 1.54) is 0 Å². The number of phenolic OH excluding ortho intramolecular Hbond substituents is 1. The number of benzene rings is 2. The summed E-state index contributed by atoms with van der Waals surface area (Å²) in [4.78, 5) is 1.63. The summed E-state index contributed by atoms with van der Waals surface area (Å²) >= 11 is 0. The Morgan fingerprint density at radius 2 is 1.72 bits per heavy atom. The van der Waals surface area contributed by atoms with Gasteiger partial charge in [-0.05, 0) is 42.3 Å². The third-order valence-corrected chi connectivity index (χ3v) is 2.95. The molecule has 1 N–H and O–H groups in total. The standard InChI is InChI=1S/C14H13N3O/c1-2-10-9-11(18)7-8-14(10)17-15-12-5-3-4-6-13(12)16-17/h3-9,18H,2H2,1H3. The summed E-state index contributed by atoms with van der Waals surface area (Å²) in [5, 5.41) is 18.4. The minimum Gasteiger partial charge on any atom is -0.508 e. The number of hydrogen-bond acceptors (Lipinski definition) is 3. The molecule has 2 aromatic carbocycles. The second-order valence-electron chi connectivity index (χ2n) is 4.14. The molecule has 3 rings (SSSR count). The Hall–Kier alpha value is -2.36. The molecule has 90 valence electrons. The molecular weight excluding hydrogens is 226 g/mol. The molecule has 4 heteroatoms. The van der Waals surface area contributed by atoms with Gasteiger partial charge in [-0.15, -0.1) is 10.2 Å². The first-order valence-electron chi connectivity index (χ1n) is 5.92. The van der Waals surface area contributed by atoms with E-state index in [1.807, 2.05) is 37.3 Å². The Kier molecular flexibility index (Phi) is 2.48. The molecule has 0 aliphatic rings. The fraction of sp³-hybridized carbons (Fsp3) is 0.143. The average Bonchev–Trinajstić information content (AvgIpc) is 2.82. The van der Waals surface area contributed by atoms with E-state index < -0.39 is 0 Å². The van der Waals surface area contributed by atoms with Crippen molar-refractivity contribution in [3.05, 3.63) is 48.0 Å². The zero-order valence-corrected chi connectivity index (χ0v) is 10.0. The van der Waals surface area contributed by atoms with Crippen LogP contribution in [0.15, 0.2) is 42.5 Å². The lowest BCUT2D eigenvalue weighted by Crippen LogP contribution is -2.02. The third-order valence-electron chi connectivity index (χ3n) is 2.95. The van der Waals surface area contributed by atoms with Gasteiger partial charge in [0.25, 0.3) is 0 Å². The summed E-state index contributed by atoms with van der Waals surface area (Å²) in [7, 11) is 0. The Labute approximate surface area is 104 Å². The smallest absolute Gasteiger partial charge is 0.116 e. The van der Waals surface area contributed by atoms with Crippen molar-refractivity contribution >= 4 is 11.0 Å². The fourth-order valence-corrected chi connectivity index (χ4v) is 2.02. The molecule has 0 radical (unpaired) electrons. The molecule has 0 fully saturated rings. The van der Waals surface area contributed by atoms with Crippen molar-refractivity contribution in [3.63, 3.8) is 0 Å². The summed E-state index contributed by atoms with van der Waals surface area (Å²) in [6, 6.07) is 13.0. The van der Waals surface area contributed by atoms with Crippen molar-refractivity contribution in [1.29, 1.82) is 0 Å². The number of phenols is 1. The fourth-order valence-electron chi connectivity index (χ4n) is 2.02. The summed E-state index contributed by atoms with van der Waals surface area (Å²) in [5.41, 5.74) is 3.67. The molecule has 1 aromatic heterocycles. The minimum absolute atomic E-state index is 0.271. The summed E-state index contributed by atoms with van der Waals surface area (Å²) in [6.45, 7) is 2.04. The van der Waals surface area contributed by atoms with Crippen LogP contribution in [0.2, 0.25) is 0 Å². The topological polar surface area (TPSA) is 50.9 Å². The lowest BCUT2D eigenvalue weighted by Gasteiger charge is -2.06. The number of fused-ring (bicyclic) bond motifs is 1. The number of aryl methyl sites for hydroxylation is 1. The van der Waals surface area contributed by atoms with Crippen molar-refractivity contribution in [2.24, 2.45) is 0 Å². The third kappa shape index (κ3) is 1.72. The maximum absolute atomic E-state index is 9.51. The number of rotatable bonds is 2. The van der Waals surface area contributed by atoms with Gasteiger partial charge < -0.3 is 5.11 Å². The number of nitrogens with zero attached hydrogens (tertiary/aromatic N) is 3. The highest BCUT2D eigenvalue weighted by Crippen LogP contribution is 2.21. The molecular formula is C14H13N3O. The molecule has 0 atom stereocenters. The SMILES string of the molecule is CCc1cc(O)ccc1-n1nc2ccccc2n1. The highest BCUT2D eigenvalue weighted by Gasteiger charge is 2.08. The van der Waals surface area contributed by atoms with Crippen LogP contribution in [0.1, 0.15) is 12.5 Å². The number of aromatic hydroxyl groups is 1. The van der Waals surface area contributed by atoms with Crippen molar-refractivity contribution in [3.8, 4) is 11.4 Å². The molecule has 18 heavy (non-hydrogen) atoms. The molecule has 3 aromatic rings. The van der Waals surface area contributed by atoms with Crippen molar-refractivity contribution < 1.29 is 5.11 Å². The predicted molar refractivity (Wildman–Crippen MR) is 69.9 cm³/mol. The van der Waals surface area contributed by atoms with Crippen LogP contribution in [0.25, 0.3) is 16.7 Å². The van der Waals surface area contributed by atoms with Gasteiger partial charge in [0.05, 0.1) is 5.69 Å². The summed E-state index contributed by atoms with van der Waals surface area (Å²) in [6.07, 6.45) is 0.821. The van der Waals surface area contributed by atoms with Gasteiger partial charge in [-0.25, -0.2) is 0 Å². The van der Waals surface area contributed by atoms with Gasteiger partial charge in [0.15, 0.2) is 0 Å². The molecule has 0 saturated heterocycles. The summed E-state index contributed by atoms with van der Waals surface area (Å²) in [5.74, 6) is 0.271. The molecule has 1 heterocycles. The van der Waals surface area contributed by atoms with Gasteiger partial charge in [0.1, 0.15) is 16.8 Å². The average molecular weight is 239 g/mol. The molecule has 0 amide bonds. The highest BCUT2D eigenvalue weighted by molar-refractivity contribution is 5.73. The molecule has 4 nitrogen and oxygen atoms in total. The van der Waals surface area contributed by atoms with Crippen LogP contribution < -0.4 is 0 Å². The highest BCUT2D eigenvalue weighted by atomic mass is 16.3. The maximum atomic E-state index is 9.51. The van der Waals surface area contributed by atoms with Crippen molar-refractivity contribution in [1.82, 2.24) is 15.0 Å². The molecule has 0 unspecified atom stereocenters. The van der Waals surface area contributed by atoms with Crippen LogP contribution >= 0.6 is 0 Å². The van der Waals surface area contributed by atoms with Gasteiger partial charge in [0, 0.05) is 0 Å². The zero-order valence-electron chi connectivity index (χ0n) is 10.0. The molecule has 0 aliphatic carbocycles. The Morgan fingerprint density at radius 3 is 2.33 bits per heavy atom. The maximum Gasteiger partial charge on any atom is 0.116 e. The first-order chi connectivity index (χ1) is 8.78. The molecule has 0 bridgehead atoms. The van der Waals surface area contributed by atoms with Crippen LogP contribution in [0.4, 0.5) is 0 Å². The van der Waals surface area contributed by atoms with E-state index in [2.05, 4.69) is 10.2 Å². The Bertz CT molecular complexity index is 670. The van der Waals surface area contributed by atoms with E-state index in [4.69, 9.17) is 0 Å². The van der Waals surface area contributed by atoms with Gasteiger partial charge in [0.2, 0.25) is 0 Å². The van der Waals surface area contributed by atoms with E-state index in [1.54, 1.807) is 16.9 Å². The van der Waals surface area contributed by atoms with E-state index >= 15 is 0 Å². The van der Waals surface area contributed by atoms with Crippen molar-refractivity contribution in [2.75, 3.05) is 0 Å². The first kappa shape index (κ1) is 10.8. The number of aromatic nitrogens is 3. The molecule has 0 spiro atoms. The van der Waals surface area contributed by atoms with E-state index in [0.717, 1.165) is 28.7 Å². The van der Waals surface area contributed by atoms with Gasteiger partial charge in [-0.3, -0.25) is 0 Å². The monoisotopic (exact) mass is 239 g/mol. The van der Waals surface area contributed by atoms with E-state index in [9.17, 15) is 5.11 Å². The van der Waals surface area contributed by atoms with Crippen LogP contribution in [0, 0.1) is 0 Å². The van der Waals surface area contributed by atoms with Gasteiger partial charge in [-0.2, -0.15) is 4.80 Å². The second-order valence-corrected chi connectivity index (χ2v) is 4.14.